The molecule has 0 saturated heterocycles. The molecule has 0 aliphatic heterocycles. The van der Waals surface area contributed by atoms with E-state index >= 15 is 0 Å². The molecule has 186 valence electrons. The Kier molecular flexibility index (Phi) is 10.3. The van der Waals surface area contributed by atoms with Gasteiger partial charge in [0.2, 0.25) is 5.91 Å². The highest BCUT2D eigenvalue weighted by Crippen LogP contribution is 2.33. The number of rotatable bonds is 11. The first kappa shape index (κ1) is 27.1. The summed E-state index contributed by atoms with van der Waals surface area (Å²) in [7, 11) is 1.57. The fourth-order valence-electron chi connectivity index (χ4n) is 2.67. The predicted octanol–water partition coefficient (Wildman–Crippen LogP) is 3.40. The van der Waals surface area contributed by atoms with E-state index in [1.807, 2.05) is 6.07 Å². The second-order valence-electron chi connectivity index (χ2n) is 8.08. The van der Waals surface area contributed by atoms with Gasteiger partial charge in [0.25, 0.3) is 0 Å². The van der Waals surface area contributed by atoms with Crippen LogP contribution in [0.2, 0.25) is 0 Å². The highest BCUT2D eigenvalue weighted by atomic mass is 32.1. The number of amides is 2. The summed E-state index contributed by atoms with van der Waals surface area (Å²) in [6.07, 6.45) is -0.587. The maximum atomic E-state index is 12.3. The molecule has 2 N–H and O–H groups in total. The molecular formula is C23H31N3O7S. The molecule has 2 aromatic rings. The van der Waals surface area contributed by atoms with E-state index < -0.39 is 17.7 Å². The molecule has 0 unspecified atom stereocenters. The van der Waals surface area contributed by atoms with Crippen molar-refractivity contribution in [1.82, 2.24) is 10.3 Å². The summed E-state index contributed by atoms with van der Waals surface area (Å²) in [5, 5.41) is 7.66. The van der Waals surface area contributed by atoms with Gasteiger partial charge in [-0.15, -0.1) is 11.3 Å². The molecule has 0 fully saturated rings. The third-order valence-electron chi connectivity index (χ3n) is 4.04. The monoisotopic (exact) mass is 493 g/mol. The summed E-state index contributed by atoms with van der Waals surface area (Å²) >= 11 is 1.35. The van der Waals surface area contributed by atoms with Gasteiger partial charge in [-0.2, -0.15) is 0 Å². The molecule has 0 saturated carbocycles. The summed E-state index contributed by atoms with van der Waals surface area (Å²) in [4.78, 5) is 40.3. The summed E-state index contributed by atoms with van der Waals surface area (Å²) in [5.41, 5.74) is 1.06. The summed E-state index contributed by atoms with van der Waals surface area (Å²) in [5.74, 6) is -0.367. The van der Waals surface area contributed by atoms with Crippen molar-refractivity contribution in [2.45, 2.75) is 39.7 Å². The van der Waals surface area contributed by atoms with Gasteiger partial charge in [0.05, 0.1) is 31.0 Å². The van der Waals surface area contributed by atoms with Gasteiger partial charge in [-0.1, -0.05) is 0 Å². The van der Waals surface area contributed by atoms with E-state index in [9.17, 15) is 14.4 Å². The normalized spacial score (nSPS) is 11.0. The molecule has 10 nitrogen and oxygen atoms in total. The van der Waals surface area contributed by atoms with E-state index in [4.69, 9.17) is 18.9 Å². The van der Waals surface area contributed by atoms with Gasteiger partial charge in [0, 0.05) is 18.1 Å². The second-order valence-corrected chi connectivity index (χ2v) is 8.94. The molecule has 0 atom stereocenters. The SMILES string of the molecule is CCOC(=O)CNC(=O)Cc1csc(-c2ccc(OCCOC)c(NC(=O)OC(C)(C)C)c2)n1. The van der Waals surface area contributed by atoms with E-state index in [0.717, 1.165) is 5.56 Å². The summed E-state index contributed by atoms with van der Waals surface area (Å²) in [6, 6.07) is 5.27. The number of carbonyl (C=O) groups is 3. The third kappa shape index (κ3) is 9.36. The van der Waals surface area contributed by atoms with E-state index in [1.165, 1.54) is 11.3 Å². The second kappa shape index (κ2) is 12.9. The Hall–Kier alpha value is -3.18. The fraction of sp³-hybridized carbons (Fsp3) is 0.478. The molecular weight excluding hydrogens is 462 g/mol. The van der Waals surface area contributed by atoms with Crippen molar-refractivity contribution in [3.8, 4) is 16.3 Å². The average molecular weight is 494 g/mol. The van der Waals surface area contributed by atoms with Crippen molar-refractivity contribution in [3.63, 3.8) is 0 Å². The minimum absolute atomic E-state index is 0.0249. The number of esters is 1. The van der Waals surface area contributed by atoms with Gasteiger partial charge >= 0.3 is 12.1 Å². The number of nitrogens with zero attached hydrogens (tertiary/aromatic N) is 1. The van der Waals surface area contributed by atoms with Crippen molar-refractivity contribution in [3.05, 3.63) is 29.3 Å². The number of carbonyl (C=O) groups excluding carboxylic acids is 3. The standard InChI is InChI=1S/C23H31N3O7S/c1-6-31-20(28)13-24-19(27)12-16-14-34-21(25-16)15-7-8-18(32-10-9-30-5)17(11-15)26-22(29)33-23(2,3)4/h7-8,11,14H,6,9-10,12-13H2,1-5H3,(H,24,27)(H,26,29). The molecule has 2 rings (SSSR count). The predicted molar refractivity (Wildman–Crippen MR) is 128 cm³/mol. The van der Waals surface area contributed by atoms with E-state index in [0.29, 0.717) is 35.4 Å². The van der Waals surface area contributed by atoms with E-state index in [-0.39, 0.29) is 25.5 Å². The van der Waals surface area contributed by atoms with Crippen molar-refractivity contribution in [1.29, 1.82) is 0 Å². The van der Waals surface area contributed by atoms with Crippen LogP contribution in [-0.4, -0.2) is 62.0 Å². The van der Waals surface area contributed by atoms with Crippen LogP contribution >= 0.6 is 11.3 Å². The molecule has 0 radical (unpaired) electrons. The van der Waals surface area contributed by atoms with Crippen molar-refractivity contribution < 1.29 is 33.3 Å². The number of hydrogen-bond acceptors (Lipinski definition) is 9. The first-order chi connectivity index (χ1) is 16.1. The Morgan fingerprint density at radius 3 is 2.59 bits per heavy atom. The lowest BCUT2D eigenvalue weighted by molar-refractivity contribution is -0.143. The van der Waals surface area contributed by atoms with Crippen molar-refractivity contribution in [2.24, 2.45) is 0 Å². The number of benzene rings is 1. The van der Waals surface area contributed by atoms with Gasteiger partial charge in [-0.05, 0) is 45.9 Å². The maximum Gasteiger partial charge on any atom is 0.412 e. The van der Waals surface area contributed by atoms with E-state index in [1.54, 1.807) is 52.3 Å². The van der Waals surface area contributed by atoms with Crippen LogP contribution in [0.4, 0.5) is 10.5 Å². The average Bonchev–Trinajstić information content (AvgIpc) is 3.20. The minimum Gasteiger partial charge on any atom is -0.489 e. The first-order valence-electron chi connectivity index (χ1n) is 10.7. The maximum absolute atomic E-state index is 12.3. The molecule has 0 spiro atoms. The summed E-state index contributed by atoms with van der Waals surface area (Å²) in [6.45, 7) is 7.79. The number of ether oxygens (including phenoxy) is 4. The van der Waals surface area contributed by atoms with Crippen LogP contribution in [0.1, 0.15) is 33.4 Å². The lowest BCUT2D eigenvalue weighted by Gasteiger charge is -2.20. The van der Waals surface area contributed by atoms with Crippen LogP contribution in [0.15, 0.2) is 23.6 Å². The first-order valence-corrected chi connectivity index (χ1v) is 11.6. The van der Waals surface area contributed by atoms with Gasteiger partial charge in [0.15, 0.2) is 0 Å². The number of hydrogen-bond donors (Lipinski definition) is 2. The number of aromatic nitrogens is 1. The van der Waals surface area contributed by atoms with Gasteiger partial charge in [0.1, 0.15) is 29.5 Å². The largest absolute Gasteiger partial charge is 0.489 e. The third-order valence-corrected chi connectivity index (χ3v) is 4.98. The van der Waals surface area contributed by atoms with Crippen LogP contribution in [0.5, 0.6) is 5.75 Å². The molecule has 2 amide bonds. The Labute approximate surface area is 202 Å². The van der Waals surface area contributed by atoms with E-state index in [2.05, 4.69) is 15.6 Å². The quantitative estimate of drug-likeness (QED) is 0.360. The Morgan fingerprint density at radius 2 is 1.91 bits per heavy atom. The number of methoxy groups -OCH3 is 1. The van der Waals surface area contributed by atoms with Crippen LogP contribution in [0.25, 0.3) is 10.6 Å². The topological polar surface area (TPSA) is 125 Å². The molecule has 1 aromatic carbocycles. The fourth-order valence-corrected chi connectivity index (χ4v) is 3.48. The Bertz CT molecular complexity index is 985. The molecule has 1 heterocycles. The number of anilines is 1. The lowest BCUT2D eigenvalue weighted by Crippen LogP contribution is -2.31. The zero-order valence-electron chi connectivity index (χ0n) is 20.1. The molecule has 11 heteroatoms. The molecule has 0 bridgehead atoms. The van der Waals surface area contributed by atoms with Crippen LogP contribution in [-0.2, 0) is 30.2 Å². The van der Waals surface area contributed by atoms with Gasteiger partial charge in [-0.25, -0.2) is 9.78 Å². The van der Waals surface area contributed by atoms with Crippen LogP contribution in [0, 0.1) is 0 Å². The Morgan fingerprint density at radius 1 is 1.15 bits per heavy atom. The number of thiazole rings is 1. The molecule has 34 heavy (non-hydrogen) atoms. The Balaban J connectivity index is 2.13. The van der Waals surface area contributed by atoms with Gasteiger partial charge < -0.3 is 24.3 Å². The molecule has 0 aliphatic rings. The van der Waals surface area contributed by atoms with Crippen LogP contribution < -0.4 is 15.4 Å². The number of nitrogens with one attached hydrogen (secondary N) is 2. The minimum atomic E-state index is -0.656. The highest BCUT2D eigenvalue weighted by Gasteiger charge is 2.19. The zero-order valence-corrected chi connectivity index (χ0v) is 20.9. The lowest BCUT2D eigenvalue weighted by atomic mass is 10.2. The van der Waals surface area contributed by atoms with Gasteiger partial charge in [-0.3, -0.25) is 14.9 Å². The van der Waals surface area contributed by atoms with Crippen molar-refractivity contribution >= 4 is 35.0 Å². The highest BCUT2D eigenvalue weighted by molar-refractivity contribution is 7.13. The smallest absolute Gasteiger partial charge is 0.412 e. The molecule has 1 aromatic heterocycles. The zero-order chi connectivity index (χ0) is 25.1. The van der Waals surface area contributed by atoms with Crippen molar-refractivity contribution in [2.75, 3.05) is 38.8 Å². The molecule has 0 aliphatic carbocycles. The summed E-state index contributed by atoms with van der Waals surface area (Å²) < 4.78 is 20.9. The van der Waals surface area contributed by atoms with Crippen LogP contribution in [0.3, 0.4) is 0 Å².